The lowest BCUT2D eigenvalue weighted by Gasteiger charge is -2.12. The van der Waals surface area contributed by atoms with Crippen LogP contribution in [-0.2, 0) is 10.0 Å². The molecule has 0 aliphatic heterocycles. The molecule has 16 heavy (non-hydrogen) atoms. The van der Waals surface area contributed by atoms with Crippen LogP contribution in [0, 0.1) is 6.92 Å². The summed E-state index contributed by atoms with van der Waals surface area (Å²) in [6, 6.07) is 1.32. The fraction of sp³-hybridized carbons (Fsp3) is 0.556. The minimum Gasteiger partial charge on any atom is -0.396 e. The molecular formula is C9H14BrNO3S2. The predicted octanol–water partition coefficient (Wildman–Crippen LogP) is 1.87. The average Bonchev–Trinajstić information content (AvgIpc) is 2.45. The van der Waals surface area contributed by atoms with Gasteiger partial charge in [0.05, 0.1) is 8.68 Å². The fourth-order valence-electron chi connectivity index (χ4n) is 1.28. The van der Waals surface area contributed by atoms with Crippen LogP contribution in [0.4, 0.5) is 0 Å². The molecule has 4 nitrogen and oxygen atoms in total. The Morgan fingerprint density at radius 3 is 2.69 bits per heavy atom. The van der Waals surface area contributed by atoms with Crippen molar-refractivity contribution in [1.82, 2.24) is 4.72 Å². The van der Waals surface area contributed by atoms with Crippen LogP contribution in [0.15, 0.2) is 14.7 Å². The Morgan fingerprint density at radius 1 is 1.62 bits per heavy atom. The van der Waals surface area contributed by atoms with Crippen molar-refractivity contribution < 1.29 is 13.5 Å². The van der Waals surface area contributed by atoms with Crippen molar-refractivity contribution in [2.75, 3.05) is 6.61 Å². The third kappa shape index (κ3) is 3.53. The minimum absolute atomic E-state index is 0.0317. The van der Waals surface area contributed by atoms with Gasteiger partial charge in [-0.15, -0.1) is 11.3 Å². The number of halogens is 1. The van der Waals surface area contributed by atoms with Crippen LogP contribution in [0.5, 0.6) is 0 Å². The van der Waals surface area contributed by atoms with Gasteiger partial charge in [-0.1, -0.05) is 0 Å². The molecule has 1 aromatic rings. The number of hydrogen-bond acceptors (Lipinski definition) is 4. The SMILES string of the molecule is Cc1sc(Br)cc1S(=O)(=O)NC(C)CCO. The van der Waals surface area contributed by atoms with Gasteiger partial charge in [0, 0.05) is 17.5 Å². The fourth-order valence-corrected chi connectivity index (χ4v) is 4.97. The molecular weight excluding hydrogens is 314 g/mol. The Kier molecular flexibility index (Phi) is 4.93. The third-order valence-electron chi connectivity index (χ3n) is 2.05. The summed E-state index contributed by atoms with van der Waals surface area (Å²) in [4.78, 5) is 1.05. The van der Waals surface area contributed by atoms with Crippen molar-refractivity contribution in [1.29, 1.82) is 0 Å². The number of aryl methyl sites for hydroxylation is 1. The van der Waals surface area contributed by atoms with E-state index < -0.39 is 10.0 Å². The van der Waals surface area contributed by atoms with E-state index in [4.69, 9.17) is 5.11 Å². The maximum Gasteiger partial charge on any atom is 0.241 e. The first-order valence-corrected chi connectivity index (χ1v) is 7.85. The molecule has 0 fully saturated rings. The second-order valence-electron chi connectivity index (χ2n) is 3.51. The molecule has 0 saturated heterocycles. The van der Waals surface area contributed by atoms with Crippen molar-refractivity contribution in [3.63, 3.8) is 0 Å². The molecule has 1 aromatic heterocycles. The summed E-state index contributed by atoms with van der Waals surface area (Å²) in [5.74, 6) is 0. The summed E-state index contributed by atoms with van der Waals surface area (Å²) in [5, 5.41) is 8.72. The Balaban J connectivity index is 2.90. The molecule has 1 heterocycles. The lowest BCUT2D eigenvalue weighted by atomic mass is 10.3. The van der Waals surface area contributed by atoms with E-state index in [1.54, 1.807) is 19.9 Å². The van der Waals surface area contributed by atoms with E-state index >= 15 is 0 Å². The van der Waals surface area contributed by atoms with Crippen LogP contribution in [0.2, 0.25) is 0 Å². The highest BCUT2D eigenvalue weighted by atomic mass is 79.9. The number of aliphatic hydroxyl groups excluding tert-OH is 1. The van der Waals surface area contributed by atoms with Crippen molar-refractivity contribution in [3.8, 4) is 0 Å². The maximum absolute atomic E-state index is 11.9. The number of aliphatic hydroxyl groups is 1. The third-order valence-corrected chi connectivity index (χ3v) is 5.45. The zero-order valence-electron chi connectivity index (χ0n) is 9.03. The highest BCUT2D eigenvalue weighted by Crippen LogP contribution is 2.29. The first kappa shape index (κ1) is 14.1. The molecule has 2 N–H and O–H groups in total. The molecule has 0 amide bonds. The molecule has 0 aromatic carbocycles. The van der Waals surface area contributed by atoms with E-state index in [0.717, 1.165) is 8.66 Å². The van der Waals surface area contributed by atoms with Crippen LogP contribution in [0.1, 0.15) is 18.2 Å². The van der Waals surface area contributed by atoms with Gasteiger partial charge in [0.25, 0.3) is 0 Å². The molecule has 0 spiro atoms. The van der Waals surface area contributed by atoms with Gasteiger partial charge in [0.15, 0.2) is 0 Å². The summed E-state index contributed by atoms with van der Waals surface area (Å²) < 4.78 is 27.2. The van der Waals surface area contributed by atoms with Crippen LogP contribution >= 0.6 is 27.3 Å². The van der Waals surface area contributed by atoms with Crippen molar-refractivity contribution in [2.24, 2.45) is 0 Å². The van der Waals surface area contributed by atoms with Gasteiger partial charge < -0.3 is 5.11 Å². The lowest BCUT2D eigenvalue weighted by Crippen LogP contribution is -2.33. The van der Waals surface area contributed by atoms with Gasteiger partial charge in [-0.05, 0) is 42.3 Å². The van der Waals surface area contributed by atoms with Crippen molar-refractivity contribution >= 4 is 37.3 Å². The Bertz CT molecular complexity index is 455. The minimum atomic E-state index is -3.47. The molecule has 0 bridgehead atoms. The normalized spacial score (nSPS) is 14.0. The lowest BCUT2D eigenvalue weighted by molar-refractivity contribution is 0.275. The largest absolute Gasteiger partial charge is 0.396 e. The van der Waals surface area contributed by atoms with E-state index in [1.165, 1.54) is 11.3 Å². The van der Waals surface area contributed by atoms with Crippen LogP contribution < -0.4 is 4.72 Å². The first-order chi connectivity index (χ1) is 7.36. The second-order valence-corrected chi connectivity index (χ2v) is 7.82. The molecule has 0 saturated carbocycles. The van der Waals surface area contributed by atoms with E-state index in [0.29, 0.717) is 11.3 Å². The highest BCUT2D eigenvalue weighted by molar-refractivity contribution is 9.11. The quantitative estimate of drug-likeness (QED) is 0.867. The summed E-state index contributed by atoms with van der Waals surface area (Å²) in [6.07, 6.45) is 0.406. The van der Waals surface area contributed by atoms with E-state index in [-0.39, 0.29) is 12.6 Å². The molecule has 0 radical (unpaired) electrons. The Labute approximate surface area is 108 Å². The summed E-state index contributed by atoms with van der Waals surface area (Å²) >= 11 is 4.64. The van der Waals surface area contributed by atoms with Gasteiger partial charge in [-0.25, -0.2) is 13.1 Å². The van der Waals surface area contributed by atoms with Gasteiger partial charge >= 0.3 is 0 Å². The van der Waals surface area contributed by atoms with Crippen LogP contribution in [-0.4, -0.2) is 26.2 Å². The molecule has 1 rings (SSSR count). The number of nitrogens with one attached hydrogen (secondary N) is 1. The number of rotatable bonds is 5. The van der Waals surface area contributed by atoms with Crippen molar-refractivity contribution in [2.45, 2.75) is 31.2 Å². The zero-order valence-corrected chi connectivity index (χ0v) is 12.2. The second kappa shape index (κ2) is 5.59. The molecule has 7 heteroatoms. The molecule has 1 unspecified atom stereocenters. The average molecular weight is 328 g/mol. The smallest absolute Gasteiger partial charge is 0.241 e. The van der Waals surface area contributed by atoms with Crippen LogP contribution in [0.3, 0.4) is 0 Å². The number of thiophene rings is 1. The summed E-state index contributed by atoms with van der Waals surface area (Å²) in [6.45, 7) is 3.46. The predicted molar refractivity (Wildman–Crippen MR) is 68.2 cm³/mol. The van der Waals surface area contributed by atoms with E-state index in [2.05, 4.69) is 20.7 Å². The first-order valence-electron chi connectivity index (χ1n) is 4.76. The van der Waals surface area contributed by atoms with Gasteiger partial charge in [-0.3, -0.25) is 0 Å². The zero-order chi connectivity index (χ0) is 12.3. The molecule has 1 atom stereocenters. The Hall–Kier alpha value is 0.0500. The van der Waals surface area contributed by atoms with E-state index in [1.807, 2.05) is 0 Å². The molecule has 0 aliphatic carbocycles. The summed E-state index contributed by atoms with van der Waals surface area (Å²) in [7, 11) is -3.47. The summed E-state index contributed by atoms with van der Waals surface area (Å²) in [5.41, 5.74) is 0. The monoisotopic (exact) mass is 327 g/mol. The van der Waals surface area contributed by atoms with Crippen molar-refractivity contribution in [3.05, 3.63) is 14.7 Å². The Morgan fingerprint density at radius 2 is 2.25 bits per heavy atom. The standard InChI is InChI=1S/C9H14BrNO3S2/c1-6(3-4-12)11-16(13,14)8-5-9(10)15-7(8)2/h5-6,11-12H,3-4H2,1-2H3. The van der Waals surface area contributed by atoms with Gasteiger partial charge in [0.2, 0.25) is 10.0 Å². The molecule has 0 aliphatic rings. The van der Waals surface area contributed by atoms with Crippen LogP contribution in [0.25, 0.3) is 0 Å². The molecule has 92 valence electrons. The topological polar surface area (TPSA) is 66.4 Å². The maximum atomic E-state index is 11.9. The number of sulfonamides is 1. The highest BCUT2D eigenvalue weighted by Gasteiger charge is 2.21. The number of hydrogen-bond donors (Lipinski definition) is 2. The van der Waals surface area contributed by atoms with E-state index in [9.17, 15) is 8.42 Å². The van der Waals surface area contributed by atoms with Gasteiger partial charge in [-0.2, -0.15) is 0 Å². The van der Waals surface area contributed by atoms with Gasteiger partial charge in [0.1, 0.15) is 0 Å².